The Bertz CT molecular complexity index is 521. The zero-order valence-corrected chi connectivity index (χ0v) is 12.1. The predicted molar refractivity (Wildman–Crippen MR) is 71.8 cm³/mol. The van der Waals surface area contributed by atoms with Gasteiger partial charge >= 0.3 is 0 Å². The standard InChI is InChI=1S/C13H14BrFN2O2/c1-2-16-7-13(19)17(8-12(16)18)6-9-3-4-10(15)5-11(9)14/h3-5H,2,6-8H2,1H3. The average molecular weight is 329 g/mol. The van der Waals surface area contributed by atoms with E-state index in [1.54, 1.807) is 6.07 Å². The number of carbonyl (C=O) groups is 2. The van der Waals surface area contributed by atoms with Gasteiger partial charge in [0.25, 0.3) is 0 Å². The Morgan fingerprint density at radius 3 is 2.47 bits per heavy atom. The van der Waals surface area contributed by atoms with Gasteiger partial charge < -0.3 is 9.80 Å². The number of halogens is 2. The van der Waals surface area contributed by atoms with Crippen LogP contribution in [0, 0.1) is 5.82 Å². The Morgan fingerprint density at radius 1 is 1.21 bits per heavy atom. The van der Waals surface area contributed by atoms with Crippen molar-refractivity contribution < 1.29 is 14.0 Å². The summed E-state index contributed by atoms with van der Waals surface area (Å²) >= 11 is 3.26. The van der Waals surface area contributed by atoms with Crippen LogP contribution in [0.15, 0.2) is 22.7 Å². The monoisotopic (exact) mass is 328 g/mol. The second-order valence-electron chi connectivity index (χ2n) is 4.39. The summed E-state index contributed by atoms with van der Waals surface area (Å²) in [6.45, 7) is 2.89. The lowest BCUT2D eigenvalue weighted by Crippen LogP contribution is -2.53. The minimum absolute atomic E-state index is 0.0552. The van der Waals surface area contributed by atoms with E-state index in [0.717, 1.165) is 5.56 Å². The van der Waals surface area contributed by atoms with Gasteiger partial charge in [0.05, 0.1) is 6.54 Å². The summed E-state index contributed by atoms with van der Waals surface area (Å²) in [5, 5.41) is 0. The third kappa shape index (κ3) is 3.12. The molecule has 0 aromatic heterocycles. The molecule has 0 saturated carbocycles. The first kappa shape index (κ1) is 14.0. The molecule has 0 spiro atoms. The highest BCUT2D eigenvalue weighted by Crippen LogP contribution is 2.20. The molecule has 1 saturated heterocycles. The molecule has 0 atom stereocenters. The van der Waals surface area contributed by atoms with Gasteiger partial charge in [0.2, 0.25) is 11.8 Å². The zero-order valence-electron chi connectivity index (χ0n) is 10.5. The van der Waals surface area contributed by atoms with Crippen LogP contribution in [0.2, 0.25) is 0 Å². The van der Waals surface area contributed by atoms with Crippen LogP contribution in [0.5, 0.6) is 0 Å². The fourth-order valence-corrected chi connectivity index (χ4v) is 2.47. The van der Waals surface area contributed by atoms with Crippen molar-refractivity contribution in [3.63, 3.8) is 0 Å². The molecule has 1 fully saturated rings. The molecule has 0 aliphatic carbocycles. The van der Waals surface area contributed by atoms with Gasteiger partial charge in [-0.2, -0.15) is 0 Å². The third-order valence-electron chi connectivity index (χ3n) is 3.12. The molecule has 0 radical (unpaired) electrons. The third-order valence-corrected chi connectivity index (χ3v) is 3.85. The van der Waals surface area contributed by atoms with E-state index >= 15 is 0 Å². The van der Waals surface area contributed by atoms with E-state index in [0.29, 0.717) is 17.6 Å². The quantitative estimate of drug-likeness (QED) is 0.848. The lowest BCUT2D eigenvalue weighted by Gasteiger charge is -2.33. The van der Waals surface area contributed by atoms with Crippen molar-refractivity contribution in [2.75, 3.05) is 19.6 Å². The highest BCUT2D eigenvalue weighted by atomic mass is 79.9. The molecule has 1 aromatic carbocycles. The summed E-state index contributed by atoms with van der Waals surface area (Å²) < 4.78 is 13.6. The SMILES string of the molecule is CCN1CC(=O)N(Cc2ccc(F)cc2Br)CC1=O. The topological polar surface area (TPSA) is 40.6 Å². The number of hydrogen-bond acceptors (Lipinski definition) is 2. The van der Waals surface area contributed by atoms with Crippen LogP contribution in [0.25, 0.3) is 0 Å². The molecule has 0 unspecified atom stereocenters. The van der Waals surface area contributed by atoms with E-state index in [9.17, 15) is 14.0 Å². The molecule has 2 rings (SSSR count). The highest BCUT2D eigenvalue weighted by Gasteiger charge is 2.28. The van der Waals surface area contributed by atoms with Crippen LogP contribution in [0.4, 0.5) is 4.39 Å². The molecular weight excluding hydrogens is 315 g/mol. The van der Waals surface area contributed by atoms with Gasteiger partial charge in [0.1, 0.15) is 12.4 Å². The number of carbonyl (C=O) groups excluding carboxylic acids is 2. The number of benzene rings is 1. The van der Waals surface area contributed by atoms with Gasteiger partial charge in [-0.1, -0.05) is 22.0 Å². The van der Waals surface area contributed by atoms with E-state index < -0.39 is 0 Å². The number of likely N-dealkylation sites (N-methyl/N-ethyl adjacent to an activating group) is 1. The van der Waals surface area contributed by atoms with E-state index in [4.69, 9.17) is 0 Å². The Morgan fingerprint density at radius 2 is 1.84 bits per heavy atom. The number of nitrogens with zero attached hydrogens (tertiary/aromatic N) is 2. The van der Waals surface area contributed by atoms with Crippen molar-refractivity contribution in [3.8, 4) is 0 Å². The average Bonchev–Trinajstić information content (AvgIpc) is 2.36. The molecule has 1 aliphatic heterocycles. The van der Waals surface area contributed by atoms with Crippen LogP contribution in [-0.4, -0.2) is 41.2 Å². The van der Waals surface area contributed by atoms with Crippen LogP contribution < -0.4 is 0 Å². The smallest absolute Gasteiger partial charge is 0.242 e. The van der Waals surface area contributed by atoms with E-state index in [1.165, 1.54) is 21.9 Å². The van der Waals surface area contributed by atoms with Gasteiger partial charge in [0, 0.05) is 17.6 Å². The molecule has 6 heteroatoms. The van der Waals surface area contributed by atoms with Gasteiger partial charge in [-0.15, -0.1) is 0 Å². The Labute approximate surface area is 119 Å². The van der Waals surface area contributed by atoms with Gasteiger partial charge in [-0.3, -0.25) is 9.59 Å². The molecule has 1 heterocycles. The van der Waals surface area contributed by atoms with Gasteiger partial charge in [-0.05, 0) is 24.6 Å². The first-order chi connectivity index (χ1) is 9.01. The molecule has 102 valence electrons. The van der Waals surface area contributed by atoms with Crippen molar-refractivity contribution in [1.29, 1.82) is 0 Å². The molecule has 1 aromatic rings. The Balaban J connectivity index is 2.11. The van der Waals surface area contributed by atoms with E-state index in [2.05, 4.69) is 15.9 Å². The second kappa shape index (κ2) is 5.69. The van der Waals surface area contributed by atoms with Crippen molar-refractivity contribution in [1.82, 2.24) is 9.80 Å². The van der Waals surface area contributed by atoms with E-state index in [-0.39, 0.29) is 30.7 Å². The zero-order chi connectivity index (χ0) is 14.0. The van der Waals surface area contributed by atoms with Crippen molar-refractivity contribution in [3.05, 3.63) is 34.1 Å². The van der Waals surface area contributed by atoms with Crippen LogP contribution >= 0.6 is 15.9 Å². The normalized spacial score (nSPS) is 16.2. The highest BCUT2D eigenvalue weighted by molar-refractivity contribution is 9.10. The number of amides is 2. The molecule has 4 nitrogen and oxygen atoms in total. The van der Waals surface area contributed by atoms with Gasteiger partial charge in [-0.25, -0.2) is 4.39 Å². The molecule has 1 aliphatic rings. The molecular formula is C13H14BrFN2O2. The first-order valence-corrected chi connectivity index (χ1v) is 6.80. The Kier molecular flexibility index (Phi) is 4.19. The van der Waals surface area contributed by atoms with Crippen LogP contribution in [-0.2, 0) is 16.1 Å². The minimum atomic E-state index is -0.339. The summed E-state index contributed by atoms with van der Waals surface area (Å²) in [5.74, 6) is -0.480. The molecule has 19 heavy (non-hydrogen) atoms. The van der Waals surface area contributed by atoms with Crippen LogP contribution in [0.1, 0.15) is 12.5 Å². The summed E-state index contributed by atoms with van der Waals surface area (Å²) in [6.07, 6.45) is 0. The Hall–Kier alpha value is -1.43. The molecule has 0 N–H and O–H groups in total. The second-order valence-corrected chi connectivity index (χ2v) is 5.25. The predicted octanol–water partition coefficient (Wildman–Crippen LogP) is 1.78. The fourth-order valence-electron chi connectivity index (χ4n) is 1.99. The maximum Gasteiger partial charge on any atom is 0.242 e. The van der Waals surface area contributed by atoms with Gasteiger partial charge in [0.15, 0.2) is 0 Å². The van der Waals surface area contributed by atoms with Crippen molar-refractivity contribution >= 4 is 27.7 Å². The largest absolute Gasteiger partial charge is 0.332 e. The van der Waals surface area contributed by atoms with E-state index in [1.807, 2.05) is 6.92 Å². The molecule has 2 amide bonds. The van der Waals surface area contributed by atoms with Crippen LogP contribution in [0.3, 0.4) is 0 Å². The van der Waals surface area contributed by atoms with Crippen molar-refractivity contribution in [2.24, 2.45) is 0 Å². The number of rotatable bonds is 3. The van der Waals surface area contributed by atoms with Crippen molar-refractivity contribution in [2.45, 2.75) is 13.5 Å². The maximum atomic E-state index is 13.0. The minimum Gasteiger partial charge on any atom is -0.332 e. The maximum absolute atomic E-state index is 13.0. The lowest BCUT2D eigenvalue weighted by molar-refractivity contribution is -0.150. The summed E-state index contributed by atoms with van der Waals surface area (Å²) in [6, 6.07) is 4.31. The lowest BCUT2D eigenvalue weighted by atomic mass is 10.2. The summed E-state index contributed by atoms with van der Waals surface area (Å²) in [4.78, 5) is 26.7. The fraction of sp³-hybridized carbons (Fsp3) is 0.385. The summed E-state index contributed by atoms with van der Waals surface area (Å²) in [5.41, 5.74) is 0.785. The summed E-state index contributed by atoms with van der Waals surface area (Å²) in [7, 11) is 0. The number of piperazine rings is 1. The first-order valence-electron chi connectivity index (χ1n) is 6.00. The molecule has 0 bridgehead atoms. The number of hydrogen-bond donors (Lipinski definition) is 0.